The van der Waals surface area contributed by atoms with Crippen LogP contribution in [0.2, 0.25) is 0 Å². The average molecular weight is 478 g/mol. The summed E-state index contributed by atoms with van der Waals surface area (Å²) in [5.41, 5.74) is 8.49. The van der Waals surface area contributed by atoms with Gasteiger partial charge in [0.05, 0.1) is 11.2 Å². The number of likely N-dealkylation sites (tertiary alicyclic amines) is 2. The minimum atomic E-state index is -0.583. The fraction of sp³-hybridized carbons (Fsp3) is 0.407. The Bertz CT molecular complexity index is 1350. The van der Waals surface area contributed by atoms with E-state index in [2.05, 4.69) is 27.1 Å². The van der Waals surface area contributed by atoms with E-state index >= 15 is 4.39 Å². The molecule has 2 aliphatic rings. The third kappa shape index (κ3) is 4.32. The molecule has 5 rings (SSSR count). The second kappa shape index (κ2) is 9.09. The van der Waals surface area contributed by atoms with Crippen LogP contribution in [0.15, 0.2) is 41.2 Å². The Balaban J connectivity index is 1.46. The summed E-state index contributed by atoms with van der Waals surface area (Å²) in [7, 11) is 2.17. The lowest BCUT2D eigenvalue weighted by Crippen LogP contribution is -2.56. The Morgan fingerprint density at radius 1 is 1.20 bits per heavy atom. The van der Waals surface area contributed by atoms with Crippen molar-refractivity contribution in [3.8, 4) is 11.1 Å². The number of nitrogen functional groups attached to an aromatic ring is 1. The monoisotopic (exact) mass is 477 g/mol. The third-order valence-corrected chi connectivity index (χ3v) is 7.33. The van der Waals surface area contributed by atoms with Gasteiger partial charge in [0, 0.05) is 54.7 Å². The van der Waals surface area contributed by atoms with E-state index in [1.807, 2.05) is 19.1 Å². The number of H-pyrrole nitrogens is 1. The standard InChI is InChI=1S/C27H32FN5O2/c1-3-10-30-25(34)22-23(29)19-6-4-5-18(24(19)31-26(22)35)20-12-17(7-8-21(20)28)13-33-15-27(16-33)9-11-32(2)14-27/h4-8,12H,3,9-11,13-16H2,1-2H3,(H,30,34)(H3,29,31,35). The number of fused-ring (bicyclic) bond motifs is 1. The predicted molar refractivity (Wildman–Crippen MR) is 137 cm³/mol. The predicted octanol–water partition coefficient (Wildman–Crippen LogP) is 3.19. The topological polar surface area (TPSA) is 94.5 Å². The van der Waals surface area contributed by atoms with Crippen LogP contribution in [0.25, 0.3) is 22.0 Å². The van der Waals surface area contributed by atoms with Crippen LogP contribution >= 0.6 is 0 Å². The van der Waals surface area contributed by atoms with Crippen LogP contribution in [0.4, 0.5) is 10.1 Å². The van der Waals surface area contributed by atoms with Gasteiger partial charge in [-0.2, -0.15) is 0 Å². The highest BCUT2D eigenvalue weighted by Crippen LogP contribution is 2.40. The lowest BCUT2D eigenvalue weighted by Gasteiger charge is -2.48. The first-order valence-electron chi connectivity index (χ1n) is 12.2. The van der Waals surface area contributed by atoms with E-state index in [1.54, 1.807) is 18.2 Å². The number of halogens is 1. The maximum atomic E-state index is 15.0. The summed E-state index contributed by atoms with van der Waals surface area (Å²) in [6.07, 6.45) is 1.98. The number of aromatic nitrogens is 1. The molecule has 0 aliphatic carbocycles. The molecule has 0 unspecified atom stereocenters. The number of hydrogen-bond acceptors (Lipinski definition) is 5. The number of anilines is 1. The van der Waals surface area contributed by atoms with Crippen molar-refractivity contribution in [3.63, 3.8) is 0 Å². The van der Waals surface area contributed by atoms with Crippen LogP contribution < -0.4 is 16.6 Å². The number of carbonyl (C=O) groups is 1. The Labute approximate surface area is 204 Å². The number of nitrogens with one attached hydrogen (secondary N) is 2. The molecule has 2 aliphatic heterocycles. The van der Waals surface area contributed by atoms with Crippen molar-refractivity contribution in [2.24, 2.45) is 5.41 Å². The quantitative estimate of drug-likeness (QED) is 0.507. The van der Waals surface area contributed by atoms with Crippen LogP contribution in [0.1, 0.15) is 35.7 Å². The highest BCUT2D eigenvalue weighted by atomic mass is 19.1. The SMILES string of the molecule is CCCNC(=O)c1c(N)c2cccc(-c3cc(CN4CC5(CCN(C)C5)C4)ccc3F)c2[nH]c1=O. The molecular weight excluding hydrogens is 445 g/mol. The molecule has 1 amide bonds. The molecule has 8 heteroatoms. The van der Waals surface area contributed by atoms with Gasteiger partial charge in [-0.3, -0.25) is 14.5 Å². The highest BCUT2D eigenvalue weighted by Gasteiger charge is 2.46. The van der Waals surface area contributed by atoms with E-state index in [-0.39, 0.29) is 17.1 Å². The van der Waals surface area contributed by atoms with Crippen LogP contribution in [0, 0.1) is 11.2 Å². The van der Waals surface area contributed by atoms with Gasteiger partial charge in [0.2, 0.25) is 0 Å². The Morgan fingerprint density at radius 3 is 2.71 bits per heavy atom. The molecule has 184 valence electrons. The van der Waals surface area contributed by atoms with Crippen LogP contribution in [0.3, 0.4) is 0 Å². The molecule has 0 radical (unpaired) electrons. The highest BCUT2D eigenvalue weighted by molar-refractivity contribution is 6.08. The lowest BCUT2D eigenvalue weighted by molar-refractivity contribution is 0.00377. The normalized spacial score (nSPS) is 17.7. The van der Waals surface area contributed by atoms with Crippen molar-refractivity contribution in [2.75, 3.05) is 45.5 Å². The molecule has 3 aromatic rings. The average Bonchev–Trinajstić information content (AvgIpc) is 3.20. The summed E-state index contributed by atoms with van der Waals surface area (Å²) in [5, 5.41) is 3.22. The number of para-hydroxylation sites is 1. The molecule has 2 saturated heterocycles. The number of nitrogens with zero attached hydrogens (tertiary/aromatic N) is 2. The largest absolute Gasteiger partial charge is 0.397 e. The Kier molecular flexibility index (Phi) is 6.11. The van der Waals surface area contributed by atoms with E-state index in [0.717, 1.165) is 44.7 Å². The zero-order chi connectivity index (χ0) is 24.7. The minimum Gasteiger partial charge on any atom is -0.397 e. The van der Waals surface area contributed by atoms with Gasteiger partial charge >= 0.3 is 0 Å². The number of benzene rings is 2. The number of aromatic amines is 1. The maximum Gasteiger partial charge on any atom is 0.263 e. The second-order valence-electron chi connectivity index (χ2n) is 10.2. The Morgan fingerprint density at radius 2 is 2.00 bits per heavy atom. The number of nitrogens with two attached hydrogens (primary N) is 1. The number of rotatable bonds is 6. The van der Waals surface area contributed by atoms with Gasteiger partial charge < -0.3 is 20.9 Å². The fourth-order valence-electron chi connectivity index (χ4n) is 5.69. The Hall–Kier alpha value is -3.23. The van der Waals surface area contributed by atoms with Gasteiger partial charge in [-0.25, -0.2) is 4.39 Å². The van der Waals surface area contributed by atoms with E-state index < -0.39 is 11.5 Å². The van der Waals surface area contributed by atoms with Crippen molar-refractivity contribution < 1.29 is 9.18 Å². The number of amides is 1. The molecule has 1 spiro atoms. The second-order valence-corrected chi connectivity index (χ2v) is 10.2. The molecule has 0 saturated carbocycles. The van der Waals surface area contributed by atoms with Gasteiger partial charge in [-0.05, 0) is 44.1 Å². The van der Waals surface area contributed by atoms with Crippen molar-refractivity contribution in [1.29, 1.82) is 0 Å². The first-order chi connectivity index (χ1) is 16.8. The molecule has 0 bridgehead atoms. The van der Waals surface area contributed by atoms with Crippen molar-refractivity contribution in [1.82, 2.24) is 20.1 Å². The fourth-order valence-corrected chi connectivity index (χ4v) is 5.69. The van der Waals surface area contributed by atoms with Crippen LogP contribution in [0.5, 0.6) is 0 Å². The summed E-state index contributed by atoms with van der Waals surface area (Å²) in [4.78, 5) is 32.9. The molecule has 0 atom stereocenters. The zero-order valence-electron chi connectivity index (χ0n) is 20.3. The number of carbonyl (C=O) groups excluding carboxylic acids is 1. The van der Waals surface area contributed by atoms with E-state index in [4.69, 9.17) is 5.73 Å². The third-order valence-electron chi connectivity index (χ3n) is 7.33. The van der Waals surface area contributed by atoms with E-state index in [1.165, 1.54) is 12.5 Å². The van der Waals surface area contributed by atoms with Crippen LogP contribution in [-0.2, 0) is 6.54 Å². The van der Waals surface area contributed by atoms with Crippen molar-refractivity contribution >= 4 is 22.5 Å². The van der Waals surface area contributed by atoms with Crippen LogP contribution in [-0.4, -0.2) is 60.5 Å². The molecule has 4 N–H and O–H groups in total. The van der Waals surface area contributed by atoms with Gasteiger partial charge in [-0.15, -0.1) is 0 Å². The summed E-state index contributed by atoms with van der Waals surface area (Å²) >= 11 is 0. The van der Waals surface area contributed by atoms with Crippen molar-refractivity contribution in [3.05, 3.63) is 63.7 Å². The molecule has 2 aromatic carbocycles. The molecular formula is C27H32FN5O2. The first kappa shape index (κ1) is 23.5. The molecule has 35 heavy (non-hydrogen) atoms. The lowest BCUT2D eigenvalue weighted by atomic mass is 9.79. The van der Waals surface area contributed by atoms with E-state index in [9.17, 15) is 9.59 Å². The number of pyridine rings is 1. The number of hydrogen-bond donors (Lipinski definition) is 3. The molecule has 2 fully saturated rings. The molecule has 3 heterocycles. The summed E-state index contributed by atoms with van der Waals surface area (Å²) < 4.78 is 15.0. The van der Waals surface area contributed by atoms with E-state index in [0.29, 0.717) is 34.0 Å². The molecule has 7 nitrogen and oxygen atoms in total. The van der Waals surface area contributed by atoms with Gasteiger partial charge in [0.15, 0.2) is 0 Å². The summed E-state index contributed by atoms with van der Waals surface area (Å²) in [5.74, 6) is -0.880. The van der Waals surface area contributed by atoms with Gasteiger partial charge in [0.25, 0.3) is 11.5 Å². The zero-order valence-corrected chi connectivity index (χ0v) is 20.3. The minimum absolute atomic E-state index is 0.100. The van der Waals surface area contributed by atoms with Crippen molar-refractivity contribution in [2.45, 2.75) is 26.3 Å². The first-order valence-corrected chi connectivity index (χ1v) is 12.2. The van der Waals surface area contributed by atoms with Gasteiger partial charge in [-0.1, -0.05) is 31.2 Å². The molecule has 1 aromatic heterocycles. The summed E-state index contributed by atoms with van der Waals surface area (Å²) in [6.45, 7) is 7.54. The smallest absolute Gasteiger partial charge is 0.263 e. The summed E-state index contributed by atoms with van der Waals surface area (Å²) in [6, 6.07) is 10.4. The van der Waals surface area contributed by atoms with Gasteiger partial charge in [0.1, 0.15) is 11.4 Å². The maximum absolute atomic E-state index is 15.0.